The van der Waals surface area contributed by atoms with E-state index in [0.717, 1.165) is 10.2 Å². The van der Waals surface area contributed by atoms with E-state index in [2.05, 4.69) is 26.2 Å². The second kappa shape index (κ2) is 4.17. The van der Waals surface area contributed by atoms with Crippen molar-refractivity contribution in [2.24, 2.45) is 0 Å². The van der Waals surface area contributed by atoms with Crippen LogP contribution in [0.15, 0.2) is 16.7 Å². The molecule has 0 atom stereocenters. The number of nitrogens with two attached hydrogens (primary N) is 1. The lowest BCUT2D eigenvalue weighted by Gasteiger charge is -2.14. The van der Waals surface area contributed by atoms with E-state index < -0.39 is 0 Å². The molecule has 0 aromatic carbocycles. The predicted molar refractivity (Wildman–Crippen MR) is 62.2 cm³/mol. The molecular formula is C10H14BrN3. The Bertz CT molecular complexity index is 321. The third-order valence-corrected chi connectivity index (χ3v) is 3.03. The molecule has 4 heteroatoms. The molecule has 76 valence electrons. The van der Waals surface area contributed by atoms with E-state index in [0.29, 0.717) is 11.9 Å². The minimum absolute atomic E-state index is 0.577. The van der Waals surface area contributed by atoms with Gasteiger partial charge in [0.2, 0.25) is 0 Å². The second-order valence-corrected chi connectivity index (χ2v) is 4.63. The minimum atomic E-state index is 0.577. The molecule has 1 saturated carbocycles. The van der Waals surface area contributed by atoms with Crippen molar-refractivity contribution in [2.75, 3.05) is 11.1 Å². The van der Waals surface area contributed by atoms with E-state index in [9.17, 15) is 0 Å². The van der Waals surface area contributed by atoms with Crippen LogP contribution in [0.2, 0.25) is 0 Å². The van der Waals surface area contributed by atoms with Crippen molar-refractivity contribution in [1.29, 1.82) is 0 Å². The second-order valence-electron chi connectivity index (χ2n) is 3.71. The van der Waals surface area contributed by atoms with Gasteiger partial charge in [-0.3, -0.25) is 0 Å². The number of nitrogens with one attached hydrogen (secondary N) is 1. The Morgan fingerprint density at radius 1 is 1.43 bits per heavy atom. The summed E-state index contributed by atoms with van der Waals surface area (Å²) < 4.78 is 0.965. The average Bonchev–Trinajstić information content (AvgIpc) is 2.64. The van der Waals surface area contributed by atoms with Crippen LogP contribution >= 0.6 is 15.9 Å². The van der Waals surface area contributed by atoms with Crippen molar-refractivity contribution in [1.82, 2.24) is 4.98 Å². The highest BCUT2D eigenvalue weighted by atomic mass is 79.9. The summed E-state index contributed by atoms with van der Waals surface area (Å²) in [5.74, 6) is 0.583. The third kappa shape index (κ3) is 2.18. The lowest BCUT2D eigenvalue weighted by atomic mass is 10.2. The van der Waals surface area contributed by atoms with Crippen LogP contribution in [-0.2, 0) is 0 Å². The first-order chi connectivity index (χ1) is 6.75. The number of hydrogen-bond acceptors (Lipinski definition) is 3. The first-order valence-corrected chi connectivity index (χ1v) is 5.72. The molecule has 0 spiro atoms. The number of rotatable bonds is 2. The number of aromatic nitrogens is 1. The van der Waals surface area contributed by atoms with Gasteiger partial charge in [0.15, 0.2) is 0 Å². The van der Waals surface area contributed by atoms with Crippen LogP contribution in [0.1, 0.15) is 25.7 Å². The summed E-state index contributed by atoms with van der Waals surface area (Å²) in [5.41, 5.74) is 6.72. The first kappa shape index (κ1) is 9.77. The molecule has 1 aliphatic rings. The zero-order valence-corrected chi connectivity index (χ0v) is 9.55. The van der Waals surface area contributed by atoms with Crippen molar-refractivity contribution in [3.63, 3.8) is 0 Å². The number of nitrogens with zero attached hydrogens (tertiary/aromatic N) is 1. The quantitative estimate of drug-likeness (QED) is 0.855. The summed E-state index contributed by atoms with van der Waals surface area (Å²) in [6.45, 7) is 0. The van der Waals surface area contributed by atoms with E-state index in [1.807, 2.05) is 6.07 Å². The zero-order valence-electron chi connectivity index (χ0n) is 7.96. The molecule has 1 aromatic rings. The molecule has 3 nitrogen and oxygen atoms in total. The van der Waals surface area contributed by atoms with Gasteiger partial charge in [0.25, 0.3) is 0 Å². The topological polar surface area (TPSA) is 50.9 Å². The molecule has 0 bridgehead atoms. The van der Waals surface area contributed by atoms with Gasteiger partial charge in [-0.25, -0.2) is 4.98 Å². The summed E-state index contributed by atoms with van der Waals surface area (Å²) >= 11 is 3.39. The molecule has 2 rings (SSSR count). The lowest BCUT2D eigenvalue weighted by molar-refractivity contribution is 0.755. The number of hydrogen-bond donors (Lipinski definition) is 2. The van der Waals surface area contributed by atoms with Crippen LogP contribution in [0.5, 0.6) is 0 Å². The van der Waals surface area contributed by atoms with Crippen LogP contribution in [0.3, 0.4) is 0 Å². The van der Waals surface area contributed by atoms with E-state index >= 15 is 0 Å². The fraction of sp³-hybridized carbons (Fsp3) is 0.500. The van der Waals surface area contributed by atoms with Gasteiger partial charge in [0, 0.05) is 16.7 Å². The zero-order chi connectivity index (χ0) is 9.97. The predicted octanol–water partition coefficient (Wildman–Crippen LogP) is 2.78. The summed E-state index contributed by atoms with van der Waals surface area (Å²) in [7, 11) is 0. The first-order valence-electron chi connectivity index (χ1n) is 4.93. The molecule has 1 fully saturated rings. The number of anilines is 2. The molecule has 1 aromatic heterocycles. The highest BCUT2D eigenvalue weighted by Crippen LogP contribution is 2.26. The lowest BCUT2D eigenvalue weighted by Crippen LogP contribution is -2.16. The Labute approximate surface area is 92.2 Å². The maximum absolute atomic E-state index is 5.77. The van der Waals surface area contributed by atoms with Gasteiger partial charge >= 0.3 is 0 Å². The van der Waals surface area contributed by atoms with Crippen molar-refractivity contribution in [3.8, 4) is 0 Å². The van der Waals surface area contributed by atoms with Gasteiger partial charge in [-0.15, -0.1) is 0 Å². The smallest absolute Gasteiger partial charge is 0.146 e. The molecule has 3 N–H and O–H groups in total. The summed E-state index contributed by atoms with van der Waals surface area (Å²) in [4.78, 5) is 4.09. The molecule has 0 radical (unpaired) electrons. The van der Waals surface area contributed by atoms with E-state index in [4.69, 9.17) is 5.73 Å². The van der Waals surface area contributed by atoms with E-state index in [-0.39, 0.29) is 0 Å². The summed E-state index contributed by atoms with van der Waals surface area (Å²) in [6, 6.07) is 2.56. The number of pyridine rings is 1. The molecule has 14 heavy (non-hydrogen) atoms. The van der Waals surface area contributed by atoms with E-state index in [1.165, 1.54) is 25.7 Å². The molecule has 1 aliphatic carbocycles. The van der Waals surface area contributed by atoms with Gasteiger partial charge in [0.1, 0.15) is 5.82 Å². The molecule has 0 amide bonds. The Balaban J connectivity index is 2.10. The van der Waals surface area contributed by atoms with Gasteiger partial charge in [-0.2, -0.15) is 0 Å². The standard InChI is InChI=1S/C10H14BrN3/c11-7-5-9(10(12)13-6-7)14-8-3-1-2-4-8/h5-6,8,14H,1-4H2,(H2,12,13). The van der Waals surface area contributed by atoms with Gasteiger partial charge in [0.05, 0.1) is 5.69 Å². The van der Waals surface area contributed by atoms with Crippen LogP contribution < -0.4 is 11.1 Å². The molecule has 0 unspecified atom stereocenters. The molecule has 0 saturated heterocycles. The molecular weight excluding hydrogens is 242 g/mol. The highest BCUT2D eigenvalue weighted by molar-refractivity contribution is 9.10. The maximum atomic E-state index is 5.77. The van der Waals surface area contributed by atoms with Crippen molar-refractivity contribution >= 4 is 27.4 Å². The van der Waals surface area contributed by atoms with Crippen LogP contribution in [-0.4, -0.2) is 11.0 Å². The fourth-order valence-electron chi connectivity index (χ4n) is 1.86. The Morgan fingerprint density at radius 2 is 2.14 bits per heavy atom. The summed E-state index contributed by atoms with van der Waals surface area (Å²) in [6.07, 6.45) is 6.84. The third-order valence-electron chi connectivity index (χ3n) is 2.60. The van der Waals surface area contributed by atoms with Crippen molar-refractivity contribution in [2.45, 2.75) is 31.7 Å². The number of halogens is 1. The Morgan fingerprint density at radius 3 is 2.86 bits per heavy atom. The maximum Gasteiger partial charge on any atom is 0.146 e. The normalized spacial score (nSPS) is 17.2. The Hall–Kier alpha value is -0.770. The van der Waals surface area contributed by atoms with Crippen molar-refractivity contribution in [3.05, 3.63) is 16.7 Å². The molecule has 0 aliphatic heterocycles. The van der Waals surface area contributed by atoms with Crippen LogP contribution in [0.4, 0.5) is 11.5 Å². The van der Waals surface area contributed by atoms with Gasteiger partial charge in [-0.1, -0.05) is 12.8 Å². The van der Waals surface area contributed by atoms with Crippen molar-refractivity contribution < 1.29 is 0 Å². The van der Waals surface area contributed by atoms with Gasteiger partial charge < -0.3 is 11.1 Å². The summed E-state index contributed by atoms with van der Waals surface area (Å²) in [5, 5.41) is 3.43. The number of nitrogen functional groups attached to an aromatic ring is 1. The highest BCUT2D eigenvalue weighted by Gasteiger charge is 2.15. The molecule has 1 heterocycles. The minimum Gasteiger partial charge on any atom is -0.382 e. The fourth-order valence-corrected chi connectivity index (χ4v) is 2.19. The Kier molecular flexibility index (Phi) is 2.91. The van der Waals surface area contributed by atoms with Crippen LogP contribution in [0.25, 0.3) is 0 Å². The average molecular weight is 256 g/mol. The SMILES string of the molecule is Nc1ncc(Br)cc1NC1CCCC1. The van der Waals surface area contributed by atoms with E-state index in [1.54, 1.807) is 6.20 Å². The van der Waals surface area contributed by atoms with Crippen LogP contribution in [0, 0.1) is 0 Å². The monoisotopic (exact) mass is 255 g/mol. The van der Waals surface area contributed by atoms with Gasteiger partial charge in [-0.05, 0) is 34.8 Å². The largest absolute Gasteiger partial charge is 0.382 e.